The van der Waals surface area contributed by atoms with Crippen LogP contribution in [0, 0.1) is 0 Å². The van der Waals surface area contributed by atoms with Gasteiger partial charge in [0.2, 0.25) is 0 Å². The number of hydrogen-bond acceptors (Lipinski definition) is 5. The van der Waals surface area contributed by atoms with Crippen molar-refractivity contribution < 1.29 is 19.0 Å². The molecule has 1 aliphatic rings. The number of nitrogens with two attached hydrogens (primary N) is 1. The van der Waals surface area contributed by atoms with E-state index in [2.05, 4.69) is 0 Å². The molecule has 6 nitrogen and oxygen atoms in total. The van der Waals surface area contributed by atoms with E-state index in [1.54, 1.807) is 32.4 Å². The van der Waals surface area contributed by atoms with Crippen molar-refractivity contribution in [1.29, 1.82) is 0 Å². The SMILES string of the molecule is COc1ccc(N2C(=O)OCC2CN)cc1OC. The molecular weight excluding hydrogens is 236 g/mol. The van der Waals surface area contributed by atoms with Gasteiger partial charge in [0, 0.05) is 12.6 Å². The van der Waals surface area contributed by atoms with Gasteiger partial charge in [0.25, 0.3) is 0 Å². The standard InChI is InChI=1S/C12H16N2O4/c1-16-10-4-3-8(5-11(10)17-2)14-9(6-13)7-18-12(14)15/h3-5,9H,6-7,13H2,1-2H3. The van der Waals surface area contributed by atoms with Crippen LogP contribution in [0.15, 0.2) is 18.2 Å². The first-order valence-electron chi connectivity index (χ1n) is 5.59. The van der Waals surface area contributed by atoms with Crippen LogP contribution >= 0.6 is 0 Å². The van der Waals surface area contributed by atoms with Crippen molar-refractivity contribution in [3.05, 3.63) is 18.2 Å². The lowest BCUT2D eigenvalue weighted by atomic mass is 10.2. The fourth-order valence-corrected chi connectivity index (χ4v) is 1.93. The Kier molecular flexibility index (Phi) is 3.57. The number of carbonyl (C=O) groups is 1. The van der Waals surface area contributed by atoms with Crippen molar-refractivity contribution in [2.24, 2.45) is 5.73 Å². The van der Waals surface area contributed by atoms with Crippen molar-refractivity contribution >= 4 is 11.8 Å². The first kappa shape index (κ1) is 12.5. The molecule has 0 saturated carbocycles. The molecule has 1 aromatic carbocycles. The lowest BCUT2D eigenvalue weighted by Crippen LogP contribution is -2.38. The van der Waals surface area contributed by atoms with Crippen molar-refractivity contribution in [3.8, 4) is 11.5 Å². The van der Waals surface area contributed by atoms with Gasteiger partial charge in [0.1, 0.15) is 6.61 Å². The van der Waals surface area contributed by atoms with Crippen molar-refractivity contribution in [1.82, 2.24) is 0 Å². The van der Waals surface area contributed by atoms with Gasteiger partial charge in [-0.3, -0.25) is 4.90 Å². The Balaban J connectivity index is 2.35. The molecule has 0 aromatic heterocycles. The van der Waals surface area contributed by atoms with Gasteiger partial charge in [0.05, 0.1) is 25.9 Å². The monoisotopic (exact) mass is 252 g/mol. The van der Waals surface area contributed by atoms with E-state index >= 15 is 0 Å². The topological polar surface area (TPSA) is 74.0 Å². The average molecular weight is 252 g/mol. The van der Waals surface area contributed by atoms with Crippen LogP contribution in [0.4, 0.5) is 10.5 Å². The van der Waals surface area contributed by atoms with E-state index in [9.17, 15) is 4.79 Å². The molecule has 1 unspecified atom stereocenters. The Morgan fingerprint density at radius 2 is 2.11 bits per heavy atom. The van der Waals surface area contributed by atoms with E-state index in [1.165, 1.54) is 4.90 Å². The zero-order valence-electron chi connectivity index (χ0n) is 10.4. The molecule has 1 atom stereocenters. The lowest BCUT2D eigenvalue weighted by Gasteiger charge is -2.21. The van der Waals surface area contributed by atoms with Crippen LogP contribution in [0.1, 0.15) is 0 Å². The van der Waals surface area contributed by atoms with Crippen molar-refractivity contribution in [3.63, 3.8) is 0 Å². The third kappa shape index (κ3) is 2.06. The molecule has 1 aliphatic heterocycles. The maximum absolute atomic E-state index is 11.7. The summed E-state index contributed by atoms with van der Waals surface area (Å²) in [7, 11) is 3.11. The first-order chi connectivity index (χ1) is 8.71. The fraction of sp³-hybridized carbons (Fsp3) is 0.417. The predicted molar refractivity (Wildman–Crippen MR) is 66.2 cm³/mol. The van der Waals surface area contributed by atoms with E-state index in [4.69, 9.17) is 19.9 Å². The van der Waals surface area contributed by atoms with Crippen LogP contribution < -0.4 is 20.1 Å². The average Bonchev–Trinajstić information content (AvgIpc) is 2.79. The van der Waals surface area contributed by atoms with E-state index < -0.39 is 6.09 Å². The molecule has 1 saturated heterocycles. The van der Waals surface area contributed by atoms with E-state index in [0.29, 0.717) is 30.3 Å². The number of hydrogen-bond donors (Lipinski definition) is 1. The molecule has 1 aromatic rings. The molecule has 1 heterocycles. The number of rotatable bonds is 4. The smallest absolute Gasteiger partial charge is 0.414 e. The zero-order chi connectivity index (χ0) is 13.1. The highest BCUT2D eigenvalue weighted by Crippen LogP contribution is 2.33. The van der Waals surface area contributed by atoms with Gasteiger partial charge in [-0.1, -0.05) is 0 Å². The summed E-state index contributed by atoms with van der Waals surface area (Å²) in [4.78, 5) is 13.2. The summed E-state index contributed by atoms with van der Waals surface area (Å²) < 4.78 is 15.3. The molecule has 0 aliphatic carbocycles. The molecular formula is C12H16N2O4. The molecule has 0 spiro atoms. The highest BCUT2D eigenvalue weighted by atomic mass is 16.6. The number of carbonyl (C=O) groups excluding carboxylic acids is 1. The Morgan fingerprint density at radius 3 is 2.72 bits per heavy atom. The van der Waals surface area contributed by atoms with E-state index in [1.807, 2.05) is 0 Å². The minimum atomic E-state index is -0.391. The third-order valence-corrected chi connectivity index (χ3v) is 2.88. The van der Waals surface area contributed by atoms with E-state index in [0.717, 1.165) is 0 Å². The number of anilines is 1. The largest absolute Gasteiger partial charge is 0.493 e. The molecule has 1 fully saturated rings. The van der Waals surface area contributed by atoms with Crippen LogP contribution in [0.3, 0.4) is 0 Å². The van der Waals surface area contributed by atoms with Gasteiger partial charge >= 0.3 is 6.09 Å². The zero-order valence-corrected chi connectivity index (χ0v) is 10.4. The number of cyclic esters (lactones) is 1. The first-order valence-corrected chi connectivity index (χ1v) is 5.59. The third-order valence-electron chi connectivity index (χ3n) is 2.88. The van der Waals surface area contributed by atoms with Crippen LogP contribution in [0.5, 0.6) is 11.5 Å². The van der Waals surface area contributed by atoms with Gasteiger partial charge in [-0.05, 0) is 12.1 Å². The Hall–Kier alpha value is -1.95. The van der Waals surface area contributed by atoms with Crippen LogP contribution in [0.25, 0.3) is 0 Å². The molecule has 98 valence electrons. The summed E-state index contributed by atoms with van der Waals surface area (Å²) in [6.07, 6.45) is -0.391. The molecule has 2 N–H and O–H groups in total. The van der Waals surface area contributed by atoms with Crippen LogP contribution in [-0.4, -0.2) is 39.5 Å². The van der Waals surface area contributed by atoms with Gasteiger partial charge in [-0.2, -0.15) is 0 Å². The fourth-order valence-electron chi connectivity index (χ4n) is 1.93. The molecule has 2 rings (SSSR count). The molecule has 18 heavy (non-hydrogen) atoms. The second-order valence-electron chi connectivity index (χ2n) is 3.88. The summed E-state index contributed by atoms with van der Waals surface area (Å²) in [5.41, 5.74) is 6.31. The summed E-state index contributed by atoms with van der Waals surface area (Å²) in [5, 5.41) is 0. The Morgan fingerprint density at radius 1 is 1.39 bits per heavy atom. The van der Waals surface area contributed by atoms with Gasteiger partial charge in [-0.15, -0.1) is 0 Å². The molecule has 1 amide bonds. The molecule has 6 heteroatoms. The summed E-state index contributed by atoms with van der Waals surface area (Å²) in [6, 6.07) is 5.11. The normalized spacial score (nSPS) is 18.7. The Bertz CT molecular complexity index is 450. The summed E-state index contributed by atoms with van der Waals surface area (Å²) >= 11 is 0. The van der Waals surface area contributed by atoms with Crippen molar-refractivity contribution in [2.75, 3.05) is 32.3 Å². The predicted octanol–water partition coefficient (Wildman–Crippen LogP) is 0.988. The summed E-state index contributed by atoms with van der Waals surface area (Å²) in [5.74, 6) is 1.17. The van der Waals surface area contributed by atoms with Crippen molar-refractivity contribution in [2.45, 2.75) is 6.04 Å². The number of ether oxygens (including phenoxy) is 3. The maximum Gasteiger partial charge on any atom is 0.414 e. The summed E-state index contributed by atoms with van der Waals surface area (Å²) in [6.45, 7) is 0.657. The minimum Gasteiger partial charge on any atom is -0.493 e. The Labute approximate surface area is 105 Å². The number of methoxy groups -OCH3 is 2. The number of amides is 1. The molecule has 0 radical (unpaired) electrons. The maximum atomic E-state index is 11.7. The van der Waals surface area contributed by atoms with E-state index in [-0.39, 0.29) is 6.04 Å². The quantitative estimate of drug-likeness (QED) is 0.865. The van der Waals surface area contributed by atoms with Crippen LogP contribution in [0.2, 0.25) is 0 Å². The second kappa shape index (κ2) is 5.14. The molecule has 0 bridgehead atoms. The highest BCUT2D eigenvalue weighted by Gasteiger charge is 2.33. The number of nitrogens with zero attached hydrogens (tertiary/aromatic N) is 1. The van der Waals surface area contributed by atoms with Gasteiger partial charge in [0.15, 0.2) is 11.5 Å². The minimum absolute atomic E-state index is 0.143. The highest BCUT2D eigenvalue weighted by molar-refractivity contribution is 5.90. The lowest BCUT2D eigenvalue weighted by molar-refractivity contribution is 0.179. The van der Waals surface area contributed by atoms with Gasteiger partial charge < -0.3 is 19.9 Å². The second-order valence-corrected chi connectivity index (χ2v) is 3.88. The van der Waals surface area contributed by atoms with Crippen LogP contribution in [-0.2, 0) is 4.74 Å². The van der Waals surface area contributed by atoms with Gasteiger partial charge in [-0.25, -0.2) is 4.79 Å². The number of benzene rings is 1.